The van der Waals surface area contributed by atoms with Crippen molar-refractivity contribution in [3.8, 4) is 0 Å². The van der Waals surface area contributed by atoms with Gasteiger partial charge in [0, 0.05) is 36.0 Å². The number of benzene rings is 2. The molecule has 0 atom stereocenters. The Bertz CT molecular complexity index is 686. The molecule has 0 bridgehead atoms. The van der Waals surface area contributed by atoms with Gasteiger partial charge in [0.15, 0.2) is 0 Å². The molecule has 6 heteroatoms. The number of hydrogen-bond acceptors (Lipinski definition) is 2. The Kier molecular flexibility index (Phi) is 8.59. The molecule has 25 heavy (non-hydrogen) atoms. The molecule has 0 aliphatic rings. The fourth-order valence-electron chi connectivity index (χ4n) is 2.52. The fraction of sp³-hybridized carbons (Fsp3) is 0.316. The van der Waals surface area contributed by atoms with Crippen LogP contribution in [0.1, 0.15) is 25.0 Å². The third-order valence-electron chi connectivity index (χ3n) is 3.95. The van der Waals surface area contributed by atoms with Crippen LogP contribution < -0.4 is 27.9 Å². The van der Waals surface area contributed by atoms with Crippen molar-refractivity contribution < 1.29 is 17.2 Å². The first-order valence-corrected chi connectivity index (χ1v) is 8.56. The highest BCUT2D eigenvalue weighted by Gasteiger charge is 2.07. The van der Waals surface area contributed by atoms with E-state index in [0.717, 1.165) is 29.9 Å². The molecule has 2 amide bonds. The monoisotopic (exact) mass is 380 g/mol. The zero-order chi connectivity index (χ0) is 17.5. The van der Waals surface area contributed by atoms with Crippen LogP contribution in [0.5, 0.6) is 0 Å². The standard InChI is InChI=1S/C19H24ClN3O.ClH/c1-4-23(5-2)17-10-11-18(14(3)12-17)22-19(24)21-13-15-6-8-16(20)9-7-15;/h6-12H,4-5,13H2,1-3H3,(H2,21,22,24);1H/p-1. The van der Waals surface area contributed by atoms with Crippen LogP contribution >= 0.6 is 11.6 Å². The van der Waals surface area contributed by atoms with Gasteiger partial charge < -0.3 is 27.9 Å². The van der Waals surface area contributed by atoms with Gasteiger partial charge in [-0.05, 0) is 62.2 Å². The lowest BCUT2D eigenvalue weighted by Crippen LogP contribution is -3.00. The molecule has 0 saturated carbocycles. The van der Waals surface area contributed by atoms with Gasteiger partial charge in [0.25, 0.3) is 0 Å². The molecule has 2 N–H and O–H groups in total. The SMILES string of the molecule is CCN(CC)c1ccc(NC(=O)NCc2ccc(Cl)cc2)c(C)c1.[Cl-]. The van der Waals surface area contributed by atoms with E-state index < -0.39 is 0 Å². The number of halogens is 2. The Labute approximate surface area is 161 Å². The molecule has 0 heterocycles. The van der Waals surface area contributed by atoms with E-state index in [9.17, 15) is 4.79 Å². The van der Waals surface area contributed by atoms with E-state index in [1.165, 1.54) is 5.69 Å². The van der Waals surface area contributed by atoms with Gasteiger partial charge in [0.2, 0.25) is 0 Å². The molecule has 0 aromatic heterocycles. The van der Waals surface area contributed by atoms with E-state index in [1.807, 2.05) is 43.3 Å². The third-order valence-corrected chi connectivity index (χ3v) is 4.21. The lowest BCUT2D eigenvalue weighted by atomic mass is 10.1. The zero-order valence-corrected chi connectivity index (χ0v) is 16.3. The number of rotatable bonds is 6. The minimum atomic E-state index is -0.219. The average Bonchev–Trinajstić information content (AvgIpc) is 2.58. The molecule has 2 aromatic carbocycles. The normalized spacial score (nSPS) is 9.92. The molecule has 136 valence electrons. The maximum absolute atomic E-state index is 12.1. The van der Waals surface area contributed by atoms with Crippen molar-refractivity contribution in [1.29, 1.82) is 0 Å². The molecule has 0 saturated heterocycles. The summed E-state index contributed by atoms with van der Waals surface area (Å²) in [6.45, 7) is 8.65. The van der Waals surface area contributed by atoms with Gasteiger partial charge in [-0.3, -0.25) is 0 Å². The van der Waals surface area contributed by atoms with E-state index in [2.05, 4.69) is 35.4 Å². The van der Waals surface area contributed by atoms with Gasteiger partial charge >= 0.3 is 6.03 Å². The predicted molar refractivity (Wildman–Crippen MR) is 102 cm³/mol. The fourth-order valence-corrected chi connectivity index (χ4v) is 2.65. The van der Waals surface area contributed by atoms with Crippen molar-refractivity contribution in [2.45, 2.75) is 27.3 Å². The maximum Gasteiger partial charge on any atom is 0.319 e. The van der Waals surface area contributed by atoms with Gasteiger partial charge in [-0.25, -0.2) is 4.79 Å². The van der Waals surface area contributed by atoms with Crippen molar-refractivity contribution in [2.24, 2.45) is 0 Å². The van der Waals surface area contributed by atoms with E-state index in [1.54, 1.807) is 0 Å². The Morgan fingerprint density at radius 1 is 1.08 bits per heavy atom. The summed E-state index contributed by atoms with van der Waals surface area (Å²) >= 11 is 5.85. The summed E-state index contributed by atoms with van der Waals surface area (Å²) in [4.78, 5) is 14.4. The number of amides is 2. The van der Waals surface area contributed by atoms with Crippen LogP contribution in [-0.4, -0.2) is 19.1 Å². The number of carbonyl (C=O) groups excluding carboxylic acids is 1. The van der Waals surface area contributed by atoms with Gasteiger partial charge in [-0.1, -0.05) is 23.7 Å². The number of hydrogen-bond donors (Lipinski definition) is 2. The second kappa shape index (κ2) is 10.2. The molecule has 0 aliphatic carbocycles. The summed E-state index contributed by atoms with van der Waals surface area (Å²) in [6.07, 6.45) is 0. The van der Waals surface area contributed by atoms with Crippen molar-refractivity contribution in [3.05, 3.63) is 58.6 Å². The van der Waals surface area contributed by atoms with Gasteiger partial charge in [0.05, 0.1) is 0 Å². The van der Waals surface area contributed by atoms with E-state index in [4.69, 9.17) is 11.6 Å². The molecular formula is C19H24Cl2N3O-. The molecule has 0 aliphatic heterocycles. The number of aryl methyl sites for hydroxylation is 1. The molecule has 0 spiro atoms. The minimum absolute atomic E-state index is 0. The first kappa shape index (κ1) is 21.1. The Morgan fingerprint density at radius 2 is 1.72 bits per heavy atom. The topological polar surface area (TPSA) is 44.4 Å². The van der Waals surface area contributed by atoms with E-state index in [-0.39, 0.29) is 18.4 Å². The van der Waals surface area contributed by atoms with Crippen molar-refractivity contribution in [3.63, 3.8) is 0 Å². The number of nitrogens with zero attached hydrogens (tertiary/aromatic N) is 1. The second-order valence-electron chi connectivity index (χ2n) is 5.61. The second-order valence-corrected chi connectivity index (χ2v) is 6.04. The van der Waals surface area contributed by atoms with Crippen LogP contribution in [0.3, 0.4) is 0 Å². The van der Waals surface area contributed by atoms with Crippen molar-refractivity contribution >= 4 is 29.0 Å². The summed E-state index contributed by atoms with van der Waals surface area (Å²) in [5.74, 6) is 0. The van der Waals surface area contributed by atoms with Crippen LogP contribution in [0.25, 0.3) is 0 Å². The summed E-state index contributed by atoms with van der Waals surface area (Å²) in [5, 5.41) is 6.44. The largest absolute Gasteiger partial charge is 1.00 e. The van der Waals surface area contributed by atoms with Crippen LogP contribution in [0.4, 0.5) is 16.2 Å². The Balaban J connectivity index is 0.00000312. The van der Waals surface area contributed by atoms with Crippen molar-refractivity contribution in [1.82, 2.24) is 5.32 Å². The Morgan fingerprint density at radius 3 is 2.28 bits per heavy atom. The quantitative estimate of drug-likeness (QED) is 0.802. The van der Waals surface area contributed by atoms with Gasteiger partial charge in [-0.2, -0.15) is 0 Å². The summed E-state index contributed by atoms with van der Waals surface area (Å²) in [6, 6.07) is 13.3. The number of urea groups is 1. The molecule has 0 unspecified atom stereocenters. The average molecular weight is 381 g/mol. The molecule has 0 radical (unpaired) electrons. The summed E-state index contributed by atoms with van der Waals surface area (Å²) < 4.78 is 0. The van der Waals surface area contributed by atoms with Crippen LogP contribution in [-0.2, 0) is 6.54 Å². The third kappa shape index (κ3) is 6.15. The highest BCUT2D eigenvalue weighted by Crippen LogP contribution is 2.22. The minimum Gasteiger partial charge on any atom is -1.00 e. The Hall–Kier alpha value is -1.91. The van der Waals surface area contributed by atoms with Gasteiger partial charge in [-0.15, -0.1) is 0 Å². The zero-order valence-electron chi connectivity index (χ0n) is 14.8. The first-order chi connectivity index (χ1) is 11.5. The molecule has 0 fully saturated rings. The first-order valence-electron chi connectivity index (χ1n) is 8.18. The molecule has 4 nitrogen and oxygen atoms in total. The lowest BCUT2D eigenvalue weighted by molar-refractivity contribution is -0.00000801. The van der Waals surface area contributed by atoms with E-state index >= 15 is 0 Å². The molecule has 2 aromatic rings. The smallest absolute Gasteiger partial charge is 0.319 e. The van der Waals surface area contributed by atoms with Crippen molar-refractivity contribution in [2.75, 3.05) is 23.3 Å². The van der Waals surface area contributed by atoms with E-state index in [0.29, 0.717) is 11.6 Å². The van der Waals surface area contributed by atoms with Crippen LogP contribution in [0.2, 0.25) is 5.02 Å². The number of nitrogens with one attached hydrogen (secondary N) is 2. The number of carbonyl (C=O) groups is 1. The lowest BCUT2D eigenvalue weighted by Gasteiger charge is -2.22. The highest BCUT2D eigenvalue weighted by molar-refractivity contribution is 6.30. The van der Waals surface area contributed by atoms with Gasteiger partial charge in [0.1, 0.15) is 0 Å². The summed E-state index contributed by atoms with van der Waals surface area (Å²) in [5.41, 5.74) is 4.04. The maximum atomic E-state index is 12.1. The molecule has 2 rings (SSSR count). The molecular weight excluding hydrogens is 357 g/mol. The number of anilines is 2. The van der Waals surface area contributed by atoms with Crippen LogP contribution in [0.15, 0.2) is 42.5 Å². The predicted octanol–water partition coefficient (Wildman–Crippen LogP) is 1.82. The van der Waals surface area contributed by atoms with Crippen LogP contribution in [0, 0.1) is 6.92 Å². The highest BCUT2D eigenvalue weighted by atomic mass is 35.5. The summed E-state index contributed by atoms with van der Waals surface area (Å²) in [7, 11) is 0.